The van der Waals surface area contributed by atoms with Crippen LogP contribution in [0.15, 0.2) is 24.3 Å². The van der Waals surface area contributed by atoms with E-state index < -0.39 is 25.0 Å². The number of carbonyl (C=O) groups excluding carboxylic acids is 2. The Labute approximate surface area is 134 Å². The minimum atomic E-state index is -2.63. The summed E-state index contributed by atoms with van der Waals surface area (Å²) in [5, 5.41) is 2.79. The Balaban J connectivity index is 2.44. The molecule has 0 radical (unpaired) electrons. The van der Waals surface area contributed by atoms with Crippen LogP contribution in [-0.2, 0) is 4.79 Å². The van der Waals surface area contributed by atoms with Crippen LogP contribution in [-0.4, -0.2) is 42.9 Å². The number of benzene rings is 1. The smallest absolute Gasteiger partial charge is 0.322 e. The van der Waals surface area contributed by atoms with Gasteiger partial charge in [0.1, 0.15) is 6.04 Å². The summed E-state index contributed by atoms with van der Waals surface area (Å²) in [6.07, 6.45) is -1.94. The zero-order valence-corrected chi connectivity index (χ0v) is 13.4. The van der Waals surface area contributed by atoms with Crippen LogP contribution in [0.4, 0.5) is 25.0 Å². The summed E-state index contributed by atoms with van der Waals surface area (Å²) in [5.74, 6) is -0.399. The van der Waals surface area contributed by atoms with Crippen LogP contribution in [0.3, 0.4) is 0 Å². The highest BCUT2D eigenvalue weighted by Crippen LogP contribution is 2.35. The fourth-order valence-corrected chi connectivity index (χ4v) is 2.69. The zero-order valence-electron chi connectivity index (χ0n) is 13.4. The van der Waals surface area contributed by atoms with Crippen LogP contribution < -0.4 is 10.2 Å². The van der Waals surface area contributed by atoms with E-state index >= 15 is 0 Å². The molecule has 1 aliphatic heterocycles. The third kappa shape index (κ3) is 3.43. The average Bonchev–Trinajstić information content (AvgIpc) is 2.51. The summed E-state index contributed by atoms with van der Waals surface area (Å²) < 4.78 is 25.2. The summed E-state index contributed by atoms with van der Waals surface area (Å²) in [7, 11) is 1.32. The van der Waals surface area contributed by atoms with Crippen LogP contribution in [0.1, 0.15) is 20.3 Å². The number of urea groups is 1. The van der Waals surface area contributed by atoms with E-state index in [1.54, 1.807) is 24.3 Å². The van der Waals surface area contributed by atoms with Gasteiger partial charge in [-0.15, -0.1) is 0 Å². The second kappa shape index (κ2) is 6.93. The summed E-state index contributed by atoms with van der Waals surface area (Å²) in [6, 6.07) is 5.57. The molecule has 1 aliphatic rings. The molecule has 0 aromatic heterocycles. The van der Waals surface area contributed by atoms with Crippen molar-refractivity contribution in [1.29, 1.82) is 0 Å². The number of rotatable bonds is 4. The van der Waals surface area contributed by atoms with Gasteiger partial charge in [0.2, 0.25) is 5.91 Å². The lowest BCUT2D eigenvalue weighted by Crippen LogP contribution is -2.57. The summed E-state index contributed by atoms with van der Waals surface area (Å²) in [6.45, 7) is 3.11. The van der Waals surface area contributed by atoms with Gasteiger partial charge in [0.05, 0.1) is 17.9 Å². The Morgan fingerprint density at radius 3 is 2.65 bits per heavy atom. The molecule has 0 aliphatic carbocycles. The summed E-state index contributed by atoms with van der Waals surface area (Å²) in [5.41, 5.74) is 1.04. The Bertz CT molecular complexity index is 594. The number of anilines is 2. The third-order valence-corrected chi connectivity index (χ3v) is 4.10. The molecule has 1 aromatic carbocycles. The molecule has 7 heteroatoms. The van der Waals surface area contributed by atoms with E-state index in [4.69, 9.17) is 0 Å². The minimum absolute atomic E-state index is 0.104. The number of carbonyl (C=O) groups is 2. The Morgan fingerprint density at radius 1 is 1.39 bits per heavy atom. The van der Waals surface area contributed by atoms with Crippen LogP contribution in [0, 0.1) is 5.92 Å². The first-order valence-electron chi connectivity index (χ1n) is 7.59. The number of hydrogen-bond acceptors (Lipinski definition) is 2. The van der Waals surface area contributed by atoms with Gasteiger partial charge in [-0.25, -0.2) is 13.6 Å². The van der Waals surface area contributed by atoms with E-state index in [1.165, 1.54) is 11.9 Å². The molecule has 0 fully saturated rings. The molecule has 1 heterocycles. The molecule has 3 amide bonds. The maximum Gasteiger partial charge on any atom is 0.325 e. The molecular formula is C16H21F2N3O2. The monoisotopic (exact) mass is 325 g/mol. The standard InChI is InChI=1S/C16H21F2N3O2/c1-4-10(2)14-15(22)19-11-7-5-6-8-12(11)21(14)16(23)20(3)9-13(17)18/h5-8,10,13-14H,4,9H2,1-3H3,(H,19,22)/t10-,14-/m0/s1. The normalized spacial score (nSPS) is 18.4. The van der Waals surface area contributed by atoms with Crippen LogP contribution in [0.2, 0.25) is 0 Å². The predicted octanol–water partition coefficient (Wildman–Crippen LogP) is 3.18. The number of amides is 3. The predicted molar refractivity (Wildman–Crippen MR) is 84.8 cm³/mol. The van der Waals surface area contributed by atoms with Gasteiger partial charge in [-0.1, -0.05) is 32.4 Å². The number of para-hydroxylation sites is 2. The van der Waals surface area contributed by atoms with E-state index in [0.717, 1.165) is 4.90 Å². The highest BCUT2D eigenvalue weighted by atomic mass is 19.3. The molecule has 1 N–H and O–H groups in total. The van der Waals surface area contributed by atoms with E-state index in [0.29, 0.717) is 17.8 Å². The van der Waals surface area contributed by atoms with Crippen molar-refractivity contribution in [2.45, 2.75) is 32.7 Å². The van der Waals surface area contributed by atoms with E-state index in [2.05, 4.69) is 5.32 Å². The SMILES string of the molecule is CC[C@H](C)[C@H]1C(=O)Nc2ccccc2N1C(=O)N(C)CC(F)F. The molecule has 126 valence electrons. The summed E-state index contributed by atoms with van der Waals surface area (Å²) in [4.78, 5) is 27.4. The van der Waals surface area contributed by atoms with Gasteiger partial charge in [-0.05, 0) is 18.1 Å². The molecule has 0 saturated heterocycles. The van der Waals surface area contributed by atoms with Crippen molar-refractivity contribution in [3.63, 3.8) is 0 Å². The van der Waals surface area contributed by atoms with Crippen LogP contribution in [0.5, 0.6) is 0 Å². The molecule has 0 unspecified atom stereocenters. The lowest BCUT2D eigenvalue weighted by atomic mass is 9.94. The van der Waals surface area contributed by atoms with Gasteiger partial charge in [-0.3, -0.25) is 9.69 Å². The van der Waals surface area contributed by atoms with Crippen molar-refractivity contribution in [2.24, 2.45) is 5.92 Å². The van der Waals surface area contributed by atoms with Gasteiger partial charge in [-0.2, -0.15) is 0 Å². The topological polar surface area (TPSA) is 52.7 Å². The van der Waals surface area contributed by atoms with Crippen molar-refractivity contribution < 1.29 is 18.4 Å². The van der Waals surface area contributed by atoms with Crippen molar-refractivity contribution in [3.05, 3.63) is 24.3 Å². The highest BCUT2D eigenvalue weighted by Gasteiger charge is 2.40. The fraction of sp³-hybridized carbons (Fsp3) is 0.500. The molecule has 23 heavy (non-hydrogen) atoms. The Morgan fingerprint density at radius 2 is 2.04 bits per heavy atom. The quantitative estimate of drug-likeness (QED) is 0.924. The second-order valence-corrected chi connectivity index (χ2v) is 5.76. The number of alkyl halides is 2. The van der Waals surface area contributed by atoms with Crippen molar-refractivity contribution >= 4 is 23.3 Å². The second-order valence-electron chi connectivity index (χ2n) is 5.76. The minimum Gasteiger partial charge on any atom is -0.322 e. The van der Waals surface area contributed by atoms with Crippen LogP contribution in [0.25, 0.3) is 0 Å². The van der Waals surface area contributed by atoms with Gasteiger partial charge < -0.3 is 10.2 Å². The molecule has 5 nitrogen and oxygen atoms in total. The molecule has 0 spiro atoms. The van der Waals surface area contributed by atoms with Crippen LogP contribution >= 0.6 is 0 Å². The first kappa shape index (κ1) is 17.2. The molecule has 2 atom stereocenters. The molecule has 1 aromatic rings. The van der Waals surface area contributed by atoms with Gasteiger partial charge in [0.15, 0.2) is 0 Å². The lowest BCUT2D eigenvalue weighted by Gasteiger charge is -2.40. The van der Waals surface area contributed by atoms with Crippen molar-refractivity contribution in [1.82, 2.24) is 4.90 Å². The van der Waals surface area contributed by atoms with E-state index in [-0.39, 0.29) is 11.8 Å². The third-order valence-electron chi connectivity index (χ3n) is 4.10. The number of nitrogens with one attached hydrogen (secondary N) is 1. The fourth-order valence-electron chi connectivity index (χ4n) is 2.69. The van der Waals surface area contributed by atoms with Gasteiger partial charge in [0.25, 0.3) is 6.43 Å². The summed E-state index contributed by atoms with van der Waals surface area (Å²) >= 11 is 0. The molecular weight excluding hydrogens is 304 g/mol. The Hall–Kier alpha value is -2.18. The molecule has 0 saturated carbocycles. The van der Waals surface area contributed by atoms with Crippen molar-refractivity contribution in [2.75, 3.05) is 23.8 Å². The maximum absolute atomic E-state index is 12.7. The molecule has 2 rings (SSSR count). The maximum atomic E-state index is 12.7. The largest absolute Gasteiger partial charge is 0.325 e. The number of nitrogens with zero attached hydrogens (tertiary/aromatic N) is 2. The average molecular weight is 325 g/mol. The van der Waals surface area contributed by atoms with Gasteiger partial charge >= 0.3 is 6.03 Å². The first-order valence-corrected chi connectivity index (χ1v) is 7.59. The first-order chi connectivity index (χ1) is 10.9. The highest BCUT2D eigenvalue weighted by molar-refractivity contribution is 6.11. The lowest BCUT2D eigenvalue weighted by molar-refractivity contribution is -0.118. The van der Waals surface area contributed by atoms with Gasteiger partial charge in [0, 0.05) is 7.05 Å². The van der Waals surface area contributed by atoms with E-state index in [9.17, 15) is 18.4 Å². The number of hydrogen-bond donors (Lipinski definition) is 1. The number of halogens is 2. The van der Waals surface area contributed by atoms with E-state index in [1.807, 2.05) is 13.8 Å². The Kier molecular flexibility index (Phi) is 5.18. The van der Waals surface area contributed by atoms with Crippen molar-refractivity contribution in [3.8, 4) is 0 Å². The molecule has 0 bridgehead atoms. The number of fused-ring (bicyclic) bond motifs is 1. The zero-order chi connectivity index (χ0) is 17.1.